The van der Waals surface area contributed by atoms with Gasteiger partial charge in [0.1, 0.15) is 0 Å². The first kappa shape index (κ1) is 15.3. The molecule has 2 atom stereocenters. The summed E-state index contributed by atoms with van der Waals surface area (Å²) in [5.74, 6) is 0.743. The summed E-state index contributed by atoms with van der Waals surface area (Å²) < 4.78 is 0. The molecule has 1 N–H and O–H groups in total. The van der Waals surface area contributed by atoms with Gasteiger partial charge in [0, 0.05) is 18.8 Å². The zero-order valence-electron chi connectivity index (χ0n) is 13.5. The van der Waals surface area contributed by atoms with Crippen molar-refractivity contribution in [3.05, 3.63) is 30.1 Å². The Hall–Kier alpha value is -1.58. The molecule has 1 saturated heterocycles. The second kappa shape index (κ2) is 7.12. The summed E-state index contributed by atoms with van der Waals surface area (Å²) in [6, 6.07) is 6.53. The Morgan fingerprint density at radius 1 is 1.36 bits per heavy atom. The monoisotopic (exact) mass is 301 g/mol. The van der Waals surface area contributed by atoms with Crippen LogP contribution in [-0.2, 0) is 0 Å². The SMILES string of the molecule is CCC[C@@H](NC(=O)N1CCC[C@@H]1C1CCC1)c1ccccn1. The smallest absolute Gasteiger partial charge is 0.318 e. The van der Waals surface area contributed by atoms with Gasteiger partial charge in [-0.1, -0.05) is 25.8 Å². The van der Waals surface area contributed by atoms with Crippen LogP contribution >= 0.6 is 0 Å². The Labute approximate surface area is 133 Å². The van der Waals surface area contributed by atoms with Gasteiger partial charge in [-0.2, -0.15) is 0 Å². The number of pyridine rings is 1. The number of rotatable bonds is 5. The van der Waals surface area contributed by atoms with Crippen molar-refractivity contribution in [3.8, 4) is 0 Å². The van der Waals surface area contributed by atoms with E-state index < -0.39 is 0 Å². The second-order valence-corrected chi connectivity index (χ2v) is 6.64. The van der Waals surface area contributed by atoms with Crippen molar-refractivity contribution >= 4 is 6.03 Å². The van der Waals surface area contributed by atoms with Gasteiger partial charge in [-0.15, -0.1) is 0 Å². The lowest BCUT2D eigenvalue weighted by molar-refractivity contribution is 0.136. The van der Waals surface area contributed by atoms with E-state index >= 15 is 0 Å². The lowest BCUT2D eigenvalue weighted by Gasteiger charge is -2.37. The fraction of sp³-hybridized carbons (Fsp3) is 0.667. The van der Waals surface area contributed by atoms with Crippen LogP contribution in [0.1, 0.15) is 63.6 Å². The third kappa shape index (κ3) is 3.26. The van der Waals surface area contributed by atoms with Gasteiger partial charge in [-0.05, 0) is 50.2 Å². The molecule has 2 amide bonds. The van der Waals surface area contributed by atoms with Crippen LogP contribution in [0.25, 0.3) is 0 Å². The van der Waals surface area contributed by atoms with Crippen LogP contribution in [0.5, 0.6) is 0 Å². The minimum absolute atomic E-state index is 0.0290. The molecule has 0 radical (unpaired) electrons. The molecule has 2 heterocycles. The van der Waals surface area contributed by atoms with Crippen molar-refractivity contribution < 1.29 is 4.79 Å². The Bertz CT molecular complexity index is 486. The number of amides is 2. The summed E-state index contributed by atoms with van der Waals surface area (Å²) in [7, 11) is 0. The largest absolute Gasteiger partial charge is 0.330 e. The standard InChI is InChI=1S/C18H27N3O/c1-2-7-16(15-10-3-4-12-19-15)20-18(22)21-13-6-11-17(21)14-8-5-9-14/h3-4,10,12,14,16-17H,2,5-9,11,13H2,1H3,(H,20,22)/t16-,17-/m1/s1. The molecule has 22 heavy (non-hydrogen) atoms. The lowest BCUT2D eigenvalue weighted by atomic mass is 9.79. The van der Waals surface area contributed by atoms with Crippen LogP contribution < -0.4 is 5.32 Å². The normalized spacial score (nSPS) is 23.1. The fourth-order valence-corrected chi connectivity index (χ4v) is 3.76. The maximum atomic E-state index is 12.7. The number of nitrogens with one attached hydrogen (secondary N) is 1. The Morgan fingerprint density at radius 3 is 2.86 bits per heavy atom. The zero-order valence-corrected chi connectivity index (χ0v) is 13.5. The van der Waals surface area contributed by atoms with Gasteiger partial charge in [0.25, 0.3) is 0 Å². The maximum absolute atomic E-state index is 12.7. The van der Waals surface area contributed by atoms with E-state index in [1.807, 2.05) is 18.2 Å². The van der Waals surface area contributed by atoms with Crippen LogP contribution in [0.2, 0.25) is 0 Å². The number of hydrogen-bond acceptors (Lipinski definition) is 2. The third-order valence-corrected chi connectivity index (χ3v) is 5.17. The molecule has 2 fully saturated rings. The van der Waals surface area contributed by atoms with Gasteiger partial charge in [-0.25, -0.2) is 4.79 Å². The number of likely N-dealkylation sites (tertiary alicyclic amines) is 1. The van der Waals surface area contributed by atoms with Crippen molar-refractivity contribution in [3.63, 3.8) is 0 Å². The van der Waals surface area contributed by atoms with Crippen molar-refractivity contribution in [2.24, 2.45) is 5.92 Å². The minimum atomic E-state index is 0.0290. The van der Waals surface area contributed by atoms with Crippen LogP contribution in [0.15, 0.2) is 24.4 Å². The van der Waals surface area contributed by atoms with Crippen LogP contribution in [-0.4, -0.2) is 28.5 Å². The summed E-state index contributed by atoms with van der Waals surface area (Å²) >= 11 is 0. The molecule has 1 aliphatic carbocycles. The minimum Gasteiger partial charge on any atom is -0.330 e. The molecule has 1 aromatic heterocycles. The van der Waals surface area contributed by atoms with E-state index in [1.54, 1.807) is 6.20 Å². The van der Waals surface area contributed by atoms with E-state index in [0.717, 1.165) is 37.4 Å². The topological polar surface area (TPSA) is 45.2 Å². The zero-order chi connectivity index (χ0) is 15.4. The lowest BCUT2D eigenvalue weighted by Crippen LogP contribution is -2.48. The van der Waals surface area contributed by atoms with Crippen LogP contribution in [0.3, 0.4) is 0 Å². The Kier molecular flexibility index (Phi) is 4.96. The highest BCUT2D eigenvalue weighted by atomic mass is 16.2. The summed E-state index contributed by atoms with van der Waals surface area (Å²) in [6.07, 6.45) is 10.0. The Morgan fingerprint density at radius 2 is 2.23 bits per heavy atom. The number of carbonyl (C=O) groups excluding carboxylic acids is 1. The molecule has 0 unspecified atom stereocenters. The summed E-state index contributed by atoms with van der Waals surface area (Å²) in [5, 5.41) is 3.23. The molecule has 0 aromatic carbocycles. The van der Waals surface area contributed by atoms with Crippen molar-refractivity contribution in [1.82, 2.24) is 15.2 Å². The molecule has 0 spiro atoms. The van der Waals surface area contributed by atoms with E-state index in [2.05, 4.69) is 22.1 Å². The van der Waals surface area contributed by atoms with Crippen LogP contribution in [0, 0.1) is 5.92 Å². The first-order valence-electron chi connectivity index (χ1n) is 8.77. The first-order valence-corrected chi connectivity index (χ1v) is 8.77. The van der Waals surface area contributed by atoms with E-state index in [9.17, 15) is 4.79 Å². The van der Waals surface area contributed by atoms with Gasteiger partial charge >= 0.3 is 6.03 Å². The quantitative estimate of drug-likeness (QED) is 0.896. The third-order valence-electron chi connectivity index (χ3n) is 5.17. The summed E-state index contributed by atoms with van der Waals surface area (Å²) in [6.45, 7) is 3.06. The number of urea groups is 1. The molecule has 120 valence electrons. The molecule has 2 aliphatic rings. The average molecular weight is 301 g/mol. The fourth-order valence-electron chi connectivity index (χ4n) is 3.76. The number of aromatic nitrogens is 1. The maximum Gasteiger partial charge on any atom is 0.318 e. The summed E-state index contributed by atoms with van der Waals surface area (Å²) in [5.41, 5.74) is 0.970. The van der Waals surface area contributed by atoms with Gasteiger partial charge in [-0.3, -0.25) is 4.98 Å². The molecule has 4 heteroatoms. The Balaban J connectivity index is 1.65. The van der Waals surface area contributed by atoms with Gasteiger partial charge in [0.15, 0.2) is 0 Å². The summed E-state index contributed by atoms with van der Waals surface area (Å²) in [4.78, 5) is 19.3. The number of carbonyl (C=O) groups is 1. The van der Waals surface area contributed by atoms with E-state index in [4.69, 9.17) is 0 Å². The molecular weight excluding hydrogens is 274 g/mol. The van der Waals surface area contributed by atoms with E-state index in [1.165, 1.54) is 25.7 Å². The highest BCUT2D eigenvalue weighted by Gasteiger charge is 2.37. The van der Waals surface area contributed by atoms with Crippen molar-refractivity contribution in [1.29, 1.82) is 0 Å². The molecule has 1 aliphatic heterocycles. The van der Waals surface area contributed by atoms with Gasteiger partial charge in [0.2, 0.25) is 0 Å². The highest BCUT2D eigenvalue weighted by Crippen LogP contribution is 2.37. The highest BCUT2D eigenvalue weighted by molar-refractivity contribution is 5.75. The number of hydrogen-bond donors (Lipinski definition) is 1. The predicted molar refractivity (Wildman–Crippen MR) is 87.5 cm³/mol. The van der Waals surface area contributed by atoms with Gasteiger partial charge in [0.05, 0.1) is 11.7 Å². The van der Waals surface area contributed by atoms with E-state index in [0.29, 0.717) is 6.04 Å². The molecular formula is C18H27N3O. The molecule has 0 bridgehead atoms. The van der Waals surface area contributed by atoms with E-state index in [-0.39, 0.29) is 12.1 Å². The molecule has 1 saturated carbocycles. The van der Waals surface area contributed by atoms with Crippen molar-refractivity contribution in [2.75, 3.05) is 6.54 Å². The predicted octanol–water partition coefficient (Wildman–Crippen LogP) is 3.90. The molecule has 3 rings (SSSR count). The molecule has 4 nitrogen and oxygen atoms in total. The second-order valence-electron chi connectivity index (χ2n) is 6.64. The van der Waals surface area contributed by atoms with Crippen LogP contribution in [0.4, 0.5) is 4.79 Å². The van der Waals surface area contributed by atoms with Crippen molar-refractivity contribution in [2.45, 2.75) is 64.0 Å². The number of nitrogens with zero attached hydrogens (tertiary/aromatic N) is 2. The van der Waals surface area contributed by atoms with Gasteiger partial charge < -0.3 is 10.2 Å². The average Bonchev–Trinajstić information content (AvgIpc) is 2.95. The first-order chi connectivity index (χ1) is 10.8. The molecule has 1 aromatic rings.